The number of ether oxygens (including phenoxy) is 3. The molecule has 2 aromatic carbocycles. The number of hydrogen-bond acceptors (Lipinski definition) is 7. The molecule has 35 heavy (non-hydrogen) atoms. The Morgan fingerprint density at radius 2 is 1.54 bits per heavy atom. The molecule has 1 amide bonds. The molecular formula is C26H33ClN2O6. The summed E-state index contributed by atoms with van der Waals surface area (Å²) in [6.07, 6.45) is 0. The first kappa shape index (κ1) is 28.0. The zero-order valence-electron chi connectivity index (χ0n) is 20.7. The lowest BCUT2D eigenvalue weighted by Gasteiger charge is -2.29. The molecule has 9 heteroatoms. The number of carbonyl (C=O) groups excluding carboxylic acids is 2. The molecular weight excluding hydrogens is 472 g/mol. The number of hydrogen-bond donors (Lipinski definition) is 1. The van der Waals surface area contributed by atoms with E-state index in [0.717, 1.165) is 13.1 Å². The van der Waals surface area contributed by atoms with Crippen molar-refractivity contribution in [3.8, 4) is 17.2 Å². The molecule has 1 saturated heterocycles. The summed E-state index contributed by atoms with van der Waals surface area (Å²) in [5.41, 5.74) is 1.07. The minimum Gasteiger partial charge on any atom is -0.507 e. The van der Waals surface area contributed by atoms with E-state index in [1.165, 1.54) is 26.2 Å². The summed E-state index contributed by atoms with van der Waals surface area (Å²) in [6.45, 7) is 6.64. The summed E-state index contributed by atoms with van der Waals surface area (Å²) in [7, 11) is 4.51. The molecule has 0 aliphatic carbocycles. The first-order valence-corrected chi connectivity index (χ1v) is 11.3. The third-order valence-corrected chi connectivity index (χ3v) is 6.14. The maximum absolute atomic E-state index is 13.2. The van der Waals surface area contributed by atoms with E-state index in [9.17, 15) is 14.7 Å². The van der Waals surface area contributed by atoms with E-state index >= 15 is 0 Å². The number of carbonyl (C=O) groups is 2. The fraction of sp³-hybridized carbons (Fsp3) is 0.385. The van der Waals surface area contributed by atoms with Gasteiger partial charge in [-0.25, -0.2) is 0 Å². The highest BCUT2D eigenvalue weighted by atomic mass is 35.5. The Morgan fingerprint density at radius 1 is 0.971 bits per heavy atom. The lowest BCUT2D eigenvalue weighted by atomic mass is 9.94. The fourth-order valence-electron chi connectivity index (χ4n) is 4.26. The number of methoxy groups -OCH3 is 3. The van der Waals surface area contributed by atoms with E-state index in [2.05, 4.69) is 4.90 Å². The zero-order chi connectivity index (χ0) is 24.8. The Balaban J connectivity index is 0.00000432. The molecule has 1 unspecified atom stereocenters. The monoisotopic (exact) mass is 504 g/mol. The second-order valence-corrected chi connectivity index (χ2v) is 7.84. The summed E-state index contributed by atoms with van der Waals surface area (Å²) in [4.78, 5) is 30.1. The zero-order valence-corrected chi connectivity index (χ0v) is 21.6. The number of aliphatic hydroxyl groups excluding tert-OH is 1. The van der Waals surface area contributed by atoms with Crippen LogP contribution in [0.25, 0.3) is 5.76 Å². The van der Waals surface area contributed by atoms with Crippen LogP contribution in [0.1, 0.15) is 31.0 Å². The van der Waals surface area contributed by atoms with Gasteiger partial charge in [-0.05, 0) is 30.8 Å². The van der Waals surface area contributed by atoms with Gasteiger partial charge < -0.3 is 29.1 Å². The van der Waals surface area contributed by atoms with Crippen LogP contribution in [0, 0.1) is 0 Å². The van der Waals surface area contributed by atoms with E-state index in [4.69, 9.17) is 14.2 Å². The predicted octanol–water partition coefficient (Wildman–Crippen LogP) is 3.90. The van der Waals surface area contributed by atoms with Gasteiger partial charge in [0, 0.05) is 18.7 Å². The average Bonchev–Trinajstić information content (AvgIpc) is 3.13. The van der Waals surface area contributed by atoms with Gasteiger partial charge in [0.25, 0.3) is 11.7 Å². The normalized spacial score (nSPS) is 16.9. The van der Waals surface area contributed by atoms with E-state index < -0.39 is 17.7 Å². The number of rotatable bonds is 10. The van der Waals surface area contributed by atoms with Gasteiger partial charge in [-0.1, -0.05) is 44.2 Å². The third-order valence-electron chi connectivity index (χ3n) is 6.14. The number of Topliss-reactive ketones (excluding diaryl/α,β-unsaturated/α-hetero) is 1. The summed E-state index contributed by atoms with van der Waals surface area (Å²) in [5, 5.41) is 11.2. The standard InChI is InChI=1S/C26H32N2O6.ClH/c1-6-27(7-2)13-14-28-22(18-15-19(32-3)25(34-5)20(16-18)33-4)21(24(30)26(28)31)23(29)17-11-9-8-10-12-17;/h8-12,15-16,22,29H,6-7,13-14H2,1-5H3;1H/b23-21+;. The van der Waals surface area contributed by atoms with Crippen molar-refractivity contribution in [2.24, 2.45) is 0 Å². The van der Waals surface area contributed by atoms with Crippen molar-refractivity contribution in [1.82, 2.24) is 9.80 Å². The number of benzene rings is 2. The van der Waals surface area contributed by atoms with Gasteiger partial charge >= 0.3 is 0 Å². The molecule has 0 bridgehead atoms. The van der Waals surface area contributed by atoms with Gasteiger partial charge in [-0.2, -0.15) is 0 Å². The van der Waals surface area contributed by atoms with Crippen molar-refractivity contribution >= 4 is 29.9 Å². The minimum atomic E-state index is -0.815. The van der Waals surface area contributed by atoms with Crippen molar-refractivity contribution in [1.29, 1.82) is 0 Å². The molecule has 1 atom stereocenters. The number of halogens is 1. The molecule has 2 aromatic rings. The second-order valence-electron chi connectivity index (χ2n) is 7.84. The highest BCUT2D eigenvalue weighted by molar-refractivity contribution is 6.46. The second kappa shape index (κ2) is 12.5. The maximum Gasteiger partial charge on any atom is 0.295 e. The van der Waals surface area contributed by atoms with Crippen LogP contribution in [-0.4, -0.2) is 74.1 Å². The number of ketones is 1. The Hall–Kier alpha value is -3.23. The Bertz CT molecular complexity index is 1040. The Kier molecular flexibility index (Phi) is 9.98. The van der Waals surface area contributed by atoms with Gasteiger partial charge in [-0.3, -0.25) is 9.59 Å². The van der Waals surface area contributed by atoms with Crippen LogP contribution < -0.4 is 14.2 Å². The van der Waals surface area contributed by atoms with Crippen molar-refractivity contribution in [2.75, 3.05) is 47.5 Å². The first-order chi connectivity index (χ1) is 16.4. The molecule has 1 aliphatic rings. The van der Waals surface area contributed by atoms with Crippen LogP contribution in [0.2, 0.25) is 0 Å². The lowest BCUT2D eigenvalue weighted by Crippen LogP contribution is -2.38. The van der Waals surface area contributed by atoms with Gasteiger partial charge in [0.05, 0.1) is 32.9 Å². The number of amides is 1. The average molecular weight is 505 g/mol. The topological polar surface area (TPSA) is 88.5 Å². The lowest BCUT2D eigenvalue weighted by molar-refractivity contribution is -0.140. The van der Waals surface area contributed by atoms with Gasteiger partial charge in [0.1, 0.15) is 5.76 Å². The van der Waals surface area contributed by atoms with Crippen molar-refractivity contribution in [2.45, 2.75) is 19.9 Å². The number of aliphatic hydroxyl groups is 1. The SMILES string of the molecule is CCN(CC)CCN1C(=O)C(=O)/C(=C(/O)c2ccccc2)C1c1cc(OC)c(OC)c(OC)c1.Cl. The van der Waals surface area contributed by atoms with Crippen LogP contribution in [0.4, 0.5) is 0 Å². The molecule has 1 aliphatic heterocycles. The summed E-state index contributed by atoms with van der Waals surface area (Å²) in [6, 6.07) is 11.3. The molecule has 1 fully saturated rings. The molecule has 190 valence electrons. The smallest absolute Gasteiger partial charge is 0.295 e. The molecule has 0 saturated carbocycles. The third kappa shape index (κ3) is 5.55. The summed E-state index contributed by atoms with van der Waals surface area (Å²) in [5.74, 6) is -0.403. The maximum atomic E-state index is 13.2. The van der Waals surface area contributed by atoms with Gasteiger partial charge in [0.2, 0.25) is 5.75 Å². The van der Waals surface area contributed by atoms with E-state index in [1.807, 2.05) is 19.9 Å². The Labute approximate surface area is 212 Å². The molecule has 1 heterocycles. The molecule has 0 spiro atoms. The van der Waals surface area contributed by atoms with Crippen molar-refractivity contribution < 1.29 is 28.9 Å². The highest BCUT2D eigenvalue weighted by Gasteiger charge is 2.46. The molecule has 0 aromatic heterocycles. The van der Waals surface area contributed by atoms with Gasteiger partial charge in [-0.15, -0.1) is 12.4 Å². The summed E-state index contributed by atoms with van der Waals surface area (Å²) < 4.78 is 16.4. The number of likely N-dealkylation sites (N-methyl/N-ethyl adjacent to an activating group) is 1. The van der Waals surface area contributed by atoms with Crippen LogP contribution in [0.15, 0.2) is 48.0 Å². The van der Waals surface area contributed by atoms with E-state index in [1.54, 1.807) is 36.4 Å². The fourth-order valence-corrected chi connectivity index (χ4v) is 4.26. The number of nitrogens with zero attached hydrogens (tertiary/aromatic N) is 2. The summed E-state index contributed by atoms with van der Waals surface area (Å²) >= 11 is 0. The van der Waals surface area contributed by atoms with Crippen LogP contribution >= 0.6 is 12.4 Å². The molecule has 1 N–H and O–H groups in total. The Morgan fingerprint density at radius 3 is 2.03 bits per heavy atom. The number of likely N-dealkylation sites (tertiary alicyclic amines) is 1. The molecule has 3 rings (SSSR count). The minimum absolute atomic E-state index is 0. The molecule has 0 radical (unpaired) electrons. The highest BCUT2D eigenvalue weighted by Crippen LogP contribution is 2.45. The van der Waals surface area contributed by atoms with Crippen LogP contribution in [-0.2, 0) is 9.59 Å². The van der Waals surface area contributed by atoms with Crippen LogP contribution in [0.3, 0.4) is 0 Å². The van der Waals surface area contributed by atoms with Crippen molar-refractivity contribution in [3.05, 3.63) is 59.2 Å². The van der Waals surface area contributed by atoms with Crippen LogP contribution in [0.5, 0.6) is 17.2 Å². The quantitative estimate of drug-likeness (QED) is 0.298. The molecule has 8 nitrogen and oxygen atoms in total. The first-order valence-electron chi connectivity index (χ1n) is 11.3. The predicted molar refractivity (Wildman–Crippen MR) is 137 cm³/mol. The van der Waals surface area contributed by atoms with E-state index in [0.29, 0.717) is 41.5 Å². The largest absolute Gasteiger partial charge is 0.507 e. The van der Waals surface area contributed by atoms with Crippen molar-refractivity contribution in [3.63, 3.8) is 0 Å². The van der Waals surface area contributed by atoms with Gasteiger partial charge in [0.15, 0.2) is 11.5 Å². The van der Waals surface area contributed by atoms with E-state index in [-0.39, 0.29) is 23.7 Å².